The molecule has 0 fully saturated rings. The first kappa shape index (κ1) is 7.02. The third kappa shape index (κ3) is 1.45. The predicted molar refractivity (Wildman–Crippen MR) is 42.2 cm³/mol. The van der Waals surface area contributed by atoms with Crippen molar-refractivity contribution in [3.63, 3.8) is 0 Å². The Morgan fingerprint density at radius 3 is 3.10 bits per heavy atom. The van der Waals surface area contributed by atoms with Crippen LogP contribution in [0.5, 0.6) is 0 Å². The molecule has 0 saturated heterocycles. The normalized spacial score (nSPS) is 11.4. The van der Waals surface area contributed by atoms with Crippen LogP contribution in [0.3, 0.4) is 0 Å². The number of hydrogen-bond acceptors (Lipinski definition) is 3. The number of hydrogen-bond donors (Lipinski definition) is 1. The van der Waals surface area contributed by atoms with E-state index in [1.165, 1.54) is 6.08 Å². The molecule has 0 bridgehead atoms. The monoisotopic (exact) mass is 152 g/mol. The highest BCUT2D eigenvalue weighted by Gasteiger charge is 1.93. The van der Waals surface area contributed by atoms with Gasteiger partial charge in [0.05, 0.1) is 0 Å². The molecule has 0 aliphatic rings. The zero-order valence-electron chi connectivity index (χ0n) is 5.20. The maximum atomic E-state index is 9.83. The Morgan fingerprint density at radius 2 is 2.60 bits per heavy atom. The SMILES string of the molecule is N/C(=C\[C]=O)c1ccsc1. The zero-order chi connectivity index (χ0) is 7.40. The molecule has 2 nitrogen and oxygen atoms in total. The first-order valence-electron chi connectivity index (χ1n) is 2.70. The van der Waals surface area contributed by atoms with E-state index < -0.39 is 0 Å². The molecule has 0 unspecified atom stereocenters. The molecule has 2 N–H and O–H groups in total. The van der Waals surface area contributed by atoms with Gasteiger partial charge in [0.15, 0.2) is 0 Å². The van der Waals surface area contributed by atoms with Crippen molar-refractivity contribution < 1.29 is 4.79 Å². The second kappa shape index (κ2) is 3.17. The fraction of sp³-hybridized carbons (Fsp3) is 0. The van der Waals surface area contributed by atoms with Crippen LogP contribution < -0.4 is 5.73 Å². The molecular formula is C7H6NOS. The van der Waals surface area contributed by atoms with Crippen molar-refractivity contribution in [3.05, 3.63) is 28.5 Å². The van der Waals surface area contributed by atoms with Crippen LogP contribution in [0, 0.1) is 0 Å². The van der Waals surface area contributed by atoms with Crippen molar-refractivity contribution in [1.29, 1.82) is 0 Å². The van der Waals surface area contributed by atoms with E-state index in [4.69, 9.17) is 5.73 Å². The van der Waals surface area contributed by atoms with Gasteiger partial charge in [0.1, 0.15) is 0 Å². The van der Waals surface area contributed by atoms with Crippen LogP contribution in [0.25, 0.3) is 5.70 Å². The van der Waals surface area contributed by atoms with Gasteiger partial charge in [-0.15, -0.1) is 0 Å². The third-order valence-corrected chi connectivity index (χ3v) is 1.75. The van der Waals surface area contributed by atoms with E-state index in [-0.39, 0.29) is 0 Å². The molecule has 0 atom stereocenters. The lowest BCUT2D eigenvalue weighted by atomic mass is 10.2. The zero-order valence-corrected chi connectivity index (χ0v) is 6.02. The van der Waals surface area contributed by atoms with Crippen molar-refractivity contribution in [2.75, 3.05) is 0 Å². The summed E-state index contributed by atoms with van der Waals surface area (Å²) in [7, 11) is 0. The minimum absolute atomic E-state index is 0.469. The smallest absolute Gasteiger partial charge is 0.227 e. The van der Waals surface area contributed by atoms with Crippen LogP contribution in [0.1, 0.15) is 5.56 Å². The van der Waals surface area contributed by atoms with Gasteiger partial charge in [-0.3, -0.25) is 4.79 Å². The lowest BCUT2D eigenvalue weighted by Crippen LogP contribution is -1.93. The predicted octanol–water partition coefficient (Wildman–Crippen LogP) is 1.16. The topological polar surface area (TPSA) is 43.1 Å². The summed E-state index contributed by atoms with van der Waals surface area (Å²) in [5.41, 5.74) is 6.81. The number of nitrogens with two attached hydrogens (primary N) is 1. The quantitative estimate of drug-likeness (QED) is 0.646. The lowest BCUT2D eigenvalue weighted by Gasteiger charge is -1.90. The summed E-state index contributed by atoms with van der Waals surface area (Å²) in [6, 6.07) is 1.86. The number of rotatable bonds is 2. The Balaban J connectivity index is 2.86. The molecule has 0 aromatic carbocycles. The van der Waals surface area contributed by atoms with Crippen LogP contribution in [0.2, 0.25) is 0 Å². The minimum Gasteiger partial charge on any atom is -0.398 e. The fourth-order valence-corrected chi connectivity index (χ4v) is 1.24. The van der Waals surface area contributed by atoms with Gasteiger partial charge in [0, 0.05) is 17.3 Å². The van der Waals surface area contributed by atoms with Crippen molar-refractivity contribution in [2.45, 2.75) is 0 Å². The van der Waals surface area contributed by atoms with Crippen molar-refractivity contribution in [3.8, 4) is 0 Å². The fourth-order valence-electron chi connectivity index (χ4n) is 0.576. The van der Waals surface area contributed by atoms with Gasteiger partial charge in [0.25, 0.3) is 0 Å². The molecule has 3 heteroatoms. The summed E-state index contributed by atoms with van der Waals surface area (Å²) in [6.07, 6.45) is 2.85. The average Bonchev–Trinajstić information content (AvgIpc) is 2.38. The highest BCUT2D eigenvalue weighted by molar-refractivity contribution is 7.08. The Bertz CT molecular complexity index is 238. The summed E-state index contributed by atoms with van der Waals surface area (Å²) in [5, 5.41) is 3.78. The standard InChI is InChI=1S/C7H6NOS/c8-7(1-3-9)6-2-4-10-5-6/h1-2,4-5H,8H2/b7-1-. The lowest BCUT2D eigenvalue weighted by molar-refractivity contribution is 0.564. The van der Waals surface area contributed by atoms with E-state index >= 15 is 0 Å². The maximum absolute atomic E-state index is 9.83. The van der Waals surface area contributed by atoms with Crippen molar-refractivity contribution in [2.24, 2.45) is 5.73 Å². The summed E-state index contributed by atoms with van der Waals surface area (Å²) < 4.78 is 0. The van der Waals surface area contributed by atoms with Gasteiger partial charge in [-0.05, 0) is 16.8 Å². The number of thiophene rings is 1. The highest BCUT2D eigenvalue weighted by atomic mass is 32.1. The van der Waals surface area contributed by atoms with Gasteiger partial charge >= 0.3 is 0 Å². The average molecular weight is 152 g/mol. The number of carbonyl (C=O) groups excluding carboxylic acids is 1. The third-order valence-electron chi connectivity index (χ3n) is 1.07. The van der Waals surface area contributed by atoms with E-state index in [9.17, 15) is 4.79 Å². The first-order valence-corrected chi connectivity index (χ1v) is 3.65. The molecule has 0 spiro atoms. The van der Waals surface area contributed by atoms with Gasteiger partial charge in [-0.2, -0.15) is 11.3 Å². The summed E-state index contributed by atoms with van der Waals surface area (Å²) >= 11 is 1.54. The Morgan fingerprint density at radius 1 is 1.80 bits per heavy atom. The molecule has 51 valence electrons. The van der Waals surface area contributed by atoms with Crippen molar-refractivity contribution in [1.82, 2.24) is 0 Å². The second-order valence-corrected chi connectivity index (χ2v) is 2.51. The summed E-state index contributed by atoms with van der Waals surface area (Å²) in [6.45, 7) is 0. The Hall–Kier alpha value is -1.09. The molecule has 10 heavy (non-hydrogen) atoms. The Labute approximate surface area is 63.0 Å². The van der Waals surface area contributed by atoms with Gasteiger partial charge in [-0.1, -0.05) is 0 Å². The molecule has 1 heterocycles. The molecular weight excluding hydrogens is 146 g/mol. The molecule has 1 rings (SSSR count). The summed E-state index contributed by atoms with van der Waals surface area (Å²) in [5.74, 6) is 0. The van der Waals surface area contributed by atoms with Gasteiger partial charge < -0.3 is 5.73 Å². The van der Waals surface area contributed by atoms with Gasteiger partial charge in [0.2, 0.25) is 6.29 Å². The molecule has 1 aromatic rings. The highest BCUT2D eigenvalue weighted by Crippen LogP contribution is 2.11. The second-order valence-electron chi connectivity index (χ2n) is 1.73. The molecule has 1 radical (unpaired) electrons. The molecule has 0 aliphatic heterocycles. The Kier molecular flexibility index (Phi) is 2.23. The van der Waals surface area contributed by atoms with Crippen LogP contribution in [-0.2, 0) is 4.79 Å². The molecule has 1 aromatic heterocycles. The van der Waals surface area contributed by atoms with Crippen LogP contribution in [0.15, 0.2) is 22.9 Å². The summed E-state index contributed by atoms with van der Waals surface area (Å²) in [4.78, 5) is 9.83. The first-order chi connectivity index (χ1) is 4.84. The molecule has 0 saturated carbocycles. The largest absolute Gasteiger partial charge is 0.398 e. The van der Waals surface area contributed by atoms with E-state index in [2.05, 4.69) is 0 Å². The minimum atomic E-state index is 0.469. The number of allylic oxidation sites excluding steroid dienone is 1. The van der Waals surface area contributed by atoms with Crippen molar-refractivity contribution >= 4 is 23.3 Å². The van der Waals surface area contributed by atoms with Crippen LogP contribution in [-0.4, -0.2) is 6.29 Å². The van der Waals surface area contributed by atoms with E-state index in [1.54, 1.807) is 17.6 Å². The maximum Gasteiger partial charge on any atom is 0.227 e. The molecule has 0 aliphatic carbocycles. The van der Waals surface area contributed by atoms with E-state index in [1.807, 2.05) is 16.8 Å². The van der Waals surface area contributed by atoms with E-state index in [0.29, 0.717) is 5.70 Å². The van der Waals surface area contributed by atoms with Crippen LogP contribution >= 0.6 is 11.3 Å². The van der Waals surface area contributed by atoms with Crippen LogP contribution in [0.4, 0.5) is 0 Å². The molecule has 0 amide bonds. The van der Waals surface area contributed by atoms with Gasteiger partial charge in [-0.25, -0.2) is 0 Å². The van der Waals surface area contributed by atoms with E-state index in [0.717, 1.165) is 5.56 Å².